The van der Waals surface area contributed by atoms with E-state index in [0.717, 1.165) is 29.5 Å². The van der Waals surface area contributed by atoms with Crippen molar-refractivity contribution in [2.75, 3.05) is 6.61 Å². The number of hydrogen-bond donors (Lipinski definition) is 1. The van der Waals surface area contributed by atoms with E-state index in [1.165, 1.54) is 12.1 Å². The van der Waals surface area contributed by atoms with Crippen LogP contribution in [-0.4, -0.2) is 21.7 Å². The largest absolute Gasteiger partial charge is 0.494 e. The Bertz CT molecular complexity index is 1120. The van der Waals surface area contributed by atoms with Crippen LogP contribution in [0, 0.1) is 12.7 Å². The number of fused-ring (bicyclic) bond motifs is 1. The highest BCUT2D eigenvalue weighted by Crippen LogP contribution is 2.28. The number of pyridine rings is 1. The molecule has 1 atom stereocenters. The first-order valence-corrected chi connectivity index (χ1v) is 9.99. The predicted octanol–water partition coefficient (Wildman–Crippen LogP) is 5.62. The van der Waals surface area contributed by atoms with Crippen LogP contribution in [0.15, 0.2) is 65.2 Å². The highest BCUT2D eigenvalue weighted by molar-refractivity contribution is 5.77. The molecular formula is C24H23FN2O3. The quantitative estimate of drug-likeness (QED) is 0.385. The predicted molar refractivity (Wildman–Crippen MR) is 113 cm³/mol. The Morgan fingerprint density at radius 1 is 1.10 bits per heavy atom. The Hall–Kier alpha value is -3.25. The number of halogens is 1. The van der Waals surface area contributed by atoms with Crippen molar-refractivity contribution in [1.82, 2.24) is 9.97 Å². The Labute approximate surface area is 174 Å². The zero-order valence-electron chi connectivity index (χ0n) is 16.7. The summed E-state index contributed by atoms with van der Waals surface area (Å²) >= 11 is 0. The Kier molecular flexibility index (Phi) is 6.05. The fraction of sp³-hybridized carbons (Fsp3) is 0.250. The van der Waals surface area contributed by atoms with E-state index in [1.807, 2.05) is 24.3 Å². The maximum absolute atomic E-state index is 12.9. The number of aryl methyl sites for hydroxylation is 1. The number of nitrogens with zero attached hydrogens (tertiary/aromatic N) is 2. The second-order valence-electron chi connectivity index (χ2n) is 7.23. The van der Waals surface area contributed by atoms with Gasteiger partial charge >= 0.3 is 0 Å². The molecule has 1 N–H and O–H groups in total. The average Bonchev–Trinajstić information content (AvgIpc) is 3.18. The minimum Gasteiger partial charge on any atom is -0.494 e. The molecule has 0 radical (unpaired) electrons. The van der Waals surface area contributed by atoms with Crippen LogP contribution in [0.25, 0.3) is 22.4 Å². The molecule has 30 heavy (non-hydrogen) atoms. The van der Waals surface area contributed by atoms with E-state index < -0.39 is 6.10 Å². The van der Waals surface area contributed by atoms with E-state index in [2.05, 4.69) is 23.0 Å². The first-order valence-electron chi connectivity index (χ1n) is 9.99. The first-order chi connectivity index (χ1) is 14.6. The van der Waals surface area contributed by atoms with Crippen molar-refractivity contribution in [3.8, 4) is 16.9 Å². The van der Waals surface area contributed by atoms with E-state index in [1.54, 1.807) is 18.3 Å². The van der Waals surface area contributed by atoms with Crippen molar-refractivity contribution >= 4 is 11.2 Å². The lowest BCUT2D eigenvalue weighted by atomic mass is 10.0. The molecule has 0 saturated carbocycles. The number of benzene rings is 2. The lowest BCUT2D eigenvalue weighted by molar-refractivity contribution is 0.131. The lowest BCUT2D eigenvalue weighted by Gasteiger charge is -2.08. The number of unbranched alkanes of at least 4 members (excludes halogenated alkanes) is 1. The average molecular weight is 406 g/mol. The van der Waals surface area contributed by atoms with Gasteiger partial charge in [0.2, 0.25) is 5.89 Å². The summed E-state index contributed by atoms with van der Waals surface area (Å²) in [6, 6.07) is 15.9. The Balaban J connectivity index is 1.33. The molecule has 154 valence electrons. The molecule has 0 bridgehead atoms. The second-order valence-corrected chi connectivity index (χ2v) is 7.23. The van der Waals surface area contributed by atoms with E-state index in [4.69, 9.17) is 9.15 Å². The third-order valence-corrected chi connectivity index (χ3v) is 4.96. The third-order valence-electron chi connectivity index (χ3n) is 4.96. The fourth-order valence-corrected chi connectivity index (χ4v) is 3.31. The van der Waals surface area contributed by atoms with Gasteiger partial charge in [-0.05, 0) is 67.6 Å². The van der Waals surface area contributed by atoms with E-state index in [0.29, 0.717) is 30.0 Å². The molecule has 0 amide bonds. The molecule has 0 aliphatic carbocycles. The van der Waals surface area contributed by atoms with Crippen LogP contribution < -0.4 is 4.74 Å². The van der Waals surface area contributed by atoms with Gasteiger partial charge in [-0.1, -0.05) is 24.3 Å². The molecule has 4 rings (SSSR count). The monoisotopic (exact) mass is 406 g/mol. The first kappa shape index (κ1) is 20.0. The van der Waals surface area contributed by atoms with Crippen LogP contribution in [-0.2, 0) is 0 Å². The van der Waals surface area contributed by atoms with Gasteiger partial charge in [-0.25, -0.2) is 9.37 Å². The summed E-state index contributed by atoms with van der Waals surface area (Å²) < 4.78 is 24.2. The van der Waals surface area contributed by atoms with Crippen molar-refractivity contribution in [2.45, 2.75) is 32.3 Å². The van der Waals surface area contributed by atoms with Gasteiger partial charge in [0.15, 0.2) is 11.2 Å². The van der Waals surface area contributed by atoms with Crippen LogP contribution in [0.4, 0.5) is 4.39 Å². The van der Waals surface area contributed by atoms with Gasteiger partial charge in [0.1, 0.15) is 17.7 Å². The summed E-state index contributed by atoms with van der Waals surface area (Å²) in [6.07, 6.45) is 2.97. The van der Waals surface area contributed by atoms with Crippen molar-refractivity contribution in [1.29, 1.82) is 0 Å². The summed E-state index contributed by atoms with van der Waals surface area (Å²) in [4.78, 5) is 8.72. The Morgan fingerprint density at radius 3 is 2.70 bits per heavy atom. The van der Waals surface area contributed by atoms with E-state index >= 15 is 0 Å². The fourth-order valence-electron chi connectivity index (χ4n) is 3.31. The third kappa shape index (κ3) is 4.66. The molecule has 0 aliphatic heterocycles. The zero-order chi connectivity index (χ0) is 20.9. The number of aromatic nitrogens is 2. The second kappa shape index (κ2) is 9.05. The van der Waals surface area contributed by atoms with Crippen LogP contribution >= 0.6 is 0 Å². The molecule has 5 nitrogen and oxygen atoms in total. The van der Waals surface area contributed by atoms with Gasteiger partial charge in [0.05, 0.1) is 6.61 Å². The SMILES string of the molecule is Cc1ccccc1-c1cnc2nc(C(O)CCCCOc3ccc(F)cc3)oc2c1. The van der Waals surface area contributed by atoms with Gasteiger partial charge in [-0.15, -0.1) is 0 Å². The molecule has 2 heterocycles. The van der Waals surface area contributed by atoms with E-state index in [-0.39, 0.29) is 11.7 Å². The molecule has 0 aliphatic rings. The zero-order valence-corrected chi connectivity index (χ0v) is 16.7. The van der Waals surface area contributed by atoms with Gasteiger partial charge in [-0.2, -0.15) is 4.98 Å². The summed E-state index contributed by atoms with van der Waals surface area (Å²) in [5, 5.41) is 10.4. The van der Waals surface area contributed by atoms with Gasteiger partial charge < -0.3 is 14.3 Å². The molecule has 0 fully saturated rings. The van der Waals surface area contributed by atoms with Gasteiger partial charge in [-0.3, -0.25) is 0 Å². The number of oxazole rings is 1. The Morgan fingerprint density at radius 2 is 1.90 bits per heavy atom. The summed E-state index contributed by atoms with van der Waals surface area (Å²) in [5.74, 6) is 0.620. The minimum atomic E-state index is -0.799. The summed E-state index contributed by atoms with van der Waals surface area (Å²) in [6.45, 7) is 2.54. The van der Waals surface area contributed by atoms with Crippen molar-refractivity contribution < 1.29 is 18.7 Å². The van der Waals surface area contributed by atoms with Crippen molar-refractivity contribution in [2.24, 2.45) is 0 Å². The van der Waals surface area contributed by atoms with Crippen molar-refractivity contribution in [3.63, 3.8) is 0 Å². The highest BCUT2D eigenvalue weighted by Gasteiger charge is 2.16. The smallest absolute Gasteiger partial charge is 0.225 e. The summed E-state index contributed by atoms with van der Waals surface area (Å²) in [7, 11) is 0. The standard InChI is InChI=1S/C24H23FN2O3/c1-16-6-2-3-7-20(16)17-14-22-23(26-15-17)27-24(30-22)21(28)8-4-5-13-29-19-11-9-18(25)10-12-19/h2-3,6-7,9-12,14-15,21,28H,4-5,8,13H2,1H3. The van der Waals surface area contributed by atoms with E-state index in [9.17, 15) is 9.50 Å². The minimum absolute atomic E-state index is 0.277. The van der Waals surface area contributed by atoms with Crippen LogP contribution in [0.1, 0.15) is 36.8 Å². The van der Waals surface area contributed by atoms with Crippen LogP contribution in [0.3, 0.4) is 0 Å². The molecule has 0 saturated heterocycles. The number of aliphatic hydroxyl groups is 1. The number of ether oxygens (including phenoxy) is 1. The molecule has 2 aromatic heterocycles. The molecular weight excluding hydrogens is 383 g/mol. The van der Waals surface area contributed by atoms with Crippen molar-refractivity contribution in [3.05, 3.63) is 78.1 Å². The molecule has 0 spiro atoms. The molecule has 4 aromatic rings. The molecule has 1 unspecified atom stereocenters. The topological polar surface area (TPSA) is 68.4 Å². The number of rotatable bonds is 8. The maximum Gasteiger partial charge on any atom is 0.225 e. The molecule has 6 heteroatoms. The maximum atomic E-state index is 12.9. The summed E-state index contributed by atoms with van der Waals surface area (Å²) in [5.41, 5.74) is 4.24. The van der Waals surface area contributed by atoms with Crippen LogP contribution in [0.5, 0.6) is 5.75 Å². The number of aliphatic hydroxyl groups excluding tert-OH is 1. The van der Waals surface area contributed by atoms with Gasteiger partial charge in [0, 0.05) is 11.8 Å². The normalized spacial score (nSPS) is 12.2. The number of hydrogen-bond acceptors (Lipinski definition) is 5. The van der Waals surface area contributed by atoms with Gasteiger partial charge in [0.25, 0.3) is 0 Å². The highest BCUT2D eigenvalue weighted by atomic mass is 19.1. The van der Waals surface area contributed by atoms with Crippen LogP contribution in [0.2, 0.25) is 0 Å². The lowest BCUT2D eigenvalue weighted by Crippen LogP contribution is -2.01. The molecule has 2 aromatic carbocycles.